The molecule has 0 saturated carbocycles. The number of primary amides is 1. The predicted octanol–water partition coefficient (Wildman–Crippen LogP) is 0.261. The second-order valence-corrected chi connectivity index (χ2v) is 2.56. The maximum absolute atomic E-state index is 10.3. The molecule has 1 rings (SSSR count). The fraction of sp³-hybridized carbons (Fsp3) is 0.222. The van der Waals surface area contributed by atoms with E-state index >= 15 is 0 Å². The standard InChI is InChI=1S/C9H12N2O/c10-9(12)7-11-6-8-4-2-1-3-5-8/h1-5,11H,6-7H2,(H2,10,12). The van der Waals surface area contributed by atoms with Crippen molar-refractivity contribution in [1.82, 2.24) is 5.32 Å². The van der Waals surface area contributed by atoms with E-state index in [4.69, 9.17) is 5.73 Å². The summed E-state index contributed by atoms with van der Waals surface area (Å²) in [5.74, 6) is -0.328. The molecule has 0 aliphatic carbocycles. The summed E-state index contributed by atoms with van der Waals surface area (Å²) < 4.78 is 0. The summed E-state index contributed by atoms with van der Waals surface area (Å²) in [7, 11) is 0. The van der Waals surface area contributed by atoms with Gasteiger partial charge in [-0.05, 0) is 5.56 Å². The molecule has 0 aliphatic rings. The number of amides is 1. The number of rotatable bonds is 4. The highest BCUT2D eigenvalue weighted by Crippen LogP contribution is 1.96. The van der Waals surface area contributed by atoms with Gasteiger partial charge in [-0.3, -0.25) is 4.79 Å². The molecule has 0 fully saturated rings. The van der Waals surface area contributed by atoms with Gasteiger partial charge in [-0.15, -0.1) is 0 Å². The van der Waals surface area contributed by atoms with E-state index in [1.54, 1.807) is 0 Å². The quantitative estimate of drug-likeness (QED) is 0.670. The number of nitrogens with two attached hydrogens (primary N) is 1. The second-order valence-electron chi connectivity index (χ2n) is 2.56. The summed E-state index contributed by atoms with van der Waals surface area (Å²) in [6.07, 6.45) is 0. The molecule has 64 valence electrons. The van der Waals surface area contributed by atoms with Crippen LogP contribution in [-0.2, 0) is 11.3 Å². The molecule has 0 atom stereocenters. The zero-order chi connectivity index (χ0) is 8.81. The minimum Gasteiger partial charge on any atom is -0.369 e. The summed E-state index contributed by atoms with van der Waals surface area (Å²) in [5, 5.41) is 2.93. The van der Waals surface area contributed by atoms with Gasteiger partial charge in [0.15, 0.2) is 0 Å². The molecule has 3 N–H and O–H groups in total. The molecule has 0 radical (unpaired) electrons. The number of benzene rings is 1. The summed E-state index contributed by atoms with van der Waals surface area (Å²) >= 11 is 0. The summed E-state index contributed by atoms with van der Waals surface area (Å²) in [5.41, 5.74) is 6.11. The molecule has 0 unspecified atom stereocenters. The van der Waals surface area contributed by atoms with Crippen molar-refractivity contribution in [3.63, 3.8) is 0 Å². The molecule has 0 aromatic heterocycles. The van der Waals surface area contributed by atoms with Crippen LogP contribution in [0.25, 0.3) is 0 Å². The number of carbonyl (C=O) groups excluding carboxylic acids is 1. The van der Waals surface area contributed by atoms with Crippen LogP contribution in [-0.4, -0.2) is 12.5 Å². The smallest absolute Gasteiger partial charge is 0.231 e. The average Bonchev–Trinajstić information content (AvgIpc) is 2.05. The first-order valence-corrected chi connectivity index (χ1v) is 3.82. The van der Waals surface area contributed by atoms with Crippen molar-refractivity contribution in [3.05, 3.63) is 35.9 Å². The summed E-state index contributed by atoms with van der Waals surface area (Å²) in [6.45, 7) is 0.915. The van der Waals surface area contributed by atoms with Crippen LogP contribution in [0, 0.1) is 0 Å². The van der Waals surface area contributed by atoms with Gasteiger partial charge in [-0.2, -0.15) is 0 Å². The summed E-state index contributed by atoms with van der Waals surface area (Å²) in [6, 6.07) is 9.86. The Morgan fingerprint density at radius 2 is 2.00 bits per heavy atom. The van der Waals surface area contributed by atoms with Crippen LogP contribution in [0.5, 0.6) is 0 Å². The first-order valence-electron chi connectivity index (χ1n) is 3.82. The highest BCUT2D eigenvalue weighted by molar-refractivity contribution is 5.75. The van der Waals surface area contributed by atoms with Crippen molar-refractivity contribution in [1.29, 1.82) is 0 Å². The predicted molar refractivity (Wildman–Crippen MR) is 47.3 cm³/mol. The SMILES string of the molecule is NC(=O)CNCc1ccccc1. The Morgan fingerprint density at radius 1 is 1.33 bits per heavy atom. The minimum atomic E-state index is -0.328. The van der Waals surface area contributed by atoms with Gasteiger partial charge < -0.3 is 11.1 Å². The lowest BCUT2D eigenvalue weighted by Crippen LogP contribution is -2.27. The fourth-order valence-electron chi connectivity index (χ4n) is 0.926. The van der Waals surface area contributed by atoms with Crippen LogP contribution in [0.4, 0.5) is 0 Å². The van der Waals surface area contributed by atoms with Gasteiger partial charge in [0.1, 0.15) is 0 Å². The van der Waals surface area contributed by atoms with E-state index in [1.807, 2.05) is 30.3 Å². The Bertz CT molecular complexity index is 246. The third kappa shape index (κ3) is 3.16. The third-order valence-corrected chi connectivity index (χ3v) is 1.47. The largest absolute Gasteiger partial charge is 0.369 e. The second kappa shape index (κ2) is 4.51. The topological polar surface area (TPSA) is 55.1 Å². The van der Waals surface area contributed by atoms with E-state index in [1.165, 1.54) is 0 Å². The Balaban J connectivity index is 2.29. The number of carbonyl (C=O) groups is 1. The summed E-state index contributed by atoms with van der Waals surface area (Å²) in [4.78, 5) is 10.3. The van der Waals surface area contributed by atoms with E-state index in [9.17, 15) is 4.79 Å². The van der Waals surface area contributed by atoms with E-state index < -0.39 is 0 Å². The van der Waals surface area contributed by atoms with Gasteiger partial charge in [0.25, 0.3) is 0 Å². The van der Waals surface area contributed by atoms with Crippen LogP contribution in [0.2, 0.25) is 0 Å². The molecule has 1 aromatic carbocycles. The van der Waals surface area contributed by atoms with Crippen LogP contribution >= 0.6 is 0 Å². The number of hydrogen-bond acceptors (Lipinski definition) is 2. The molecule has 1 aromatic rings. The zero-order valence-corrected chi connectivity index (χ0v) is 6.79. The Morgan fingerprint density at radius 3 is 2.58 bits per heavy atom. The van der Waals surface area contributed by atoms with Crippen molar-refractivity contribution in [2.24, 2.45) is 5.73 Å². The van der Waals surface area contributed by atoms with Crippen molar-refractivity contribution in [2.75, 3.05) is 6.54 Å². The van der Waals surface area contributed by atoms with Crippen LogP contribution < -0.4 is 11.1 Å². The van der Waals surface area contributed by atoms with Crippen molar-refractivity contribution >= 4 is 5.91 Å². The molecule has 1 amide bonds. The molecular weight excluding hydrogens is 152 g/mol. The van der Waals surface area contributed by atoms with E-state index in [0.717, 1.165) is 5.56 Å². The lowest BCUT2D eigenvalue weighted by atomic mass is 10.2. The Labute approximate surface area is 71.6 Å². The van der Waals surface area contributed by atoms with Crippen LogP contribution in [0.1, 0.15) is 5.56 Å². The van der Waals surface area contributed by atoms with Crippen molar-refractivity contribution in [3.8, 4) is 0 Å². The maximum atomic E-state index is 10.3. The van der Waals surface area contributed by atoms with Gasteiger partial charge >= 0.3 is 0 Å². The van der Waals surface area contributed by atoms with Gasteiger partial charge in [-0.25, -0.2) is 0 Å². The molecule has 0 bridgehead atoms. The first-order chi connectivity index (χ1) is 5.79. The molecule has 0 saturated heterocycles. The van der Waals surface area contributed by atoms with Gasteiger partial charge in [-0.1, -0.05) is 30.3 Å². The number of nitrogens with one attached hydrogen (secondary N) is 1. The van der Waals surface area contributed by atoms with Gasteiger partial charge in [0, 0.05) is 6.54 Å². The van der Waals surface area contributed by atoms with E-state index in [-0.39, 0.29) is 12.5 Å². The lowest BCUT2D eigenvalue weighted by molar-refractivity contribution is -0.117. The first kappa shape index (κ1) is 8.74. The van der Waals surface area contributed by atoms with Crippen molar-refractivity contribution < 1.29 is 4.79 Å². The van der Waals surface area contributed by atoms with E-state index in [0.29, 0.717) is 6.54 Å². The molecule has 0 heterocycles. The highest BCUT2D eigenvalue weighted by Gasteiger charge is 1.93. The van der Waals surface area contributed by atoms with Gasteiger partial charge in [0.2, 0.25) is 5.91 Å². The van der Waals surface area contributed by atoms with Crippen LogP contribution in [0.15, 0.2) is 30.3 Å². The molecule has 12 heavy (non-hydrogen) atoms. The highest BCUT2D eigenvalue weighted by atomic mass is 16.1. The molecule has 3 nitrogen and oxygen atoms in total. The third-order valence-electron chi connectivity index (χ3n) is 1.47. The van der Waals surface area contributed by atoms with E-state index in [2.05, 4.69) is 5.32 Å². The molecular formula is C9H12N2O. The lowest BCUT2D eigenvalue weighted by Gasteiger charge is -2.00. The average molecular weight is 164 g/mol. The van der Waals surface area contributed by atoms with Crippen LogP contribution in [0.3, 0.4) is 0 Å². The molecule has 0 spiro atoms. The Kier molecular flexibility index (Phi) is 3.29. The fourth-order valence-corrected chi connectivity index (χ4v) is 0.926. The molecule has 0 aliphatic heterocycles. The molecule has 3 heteroatoms. The zero-order valence-electron chi connectivity index (χ0n) is 6.79. The Hall–Kier alpha value is -1.35. The number of hydrogen-bond donors (Lipinski definition) is 2. The van der Waals surface area contributed by atoms with Gasteiger partial charge in [0.05, 0.1) is 6.54 Å². The normalized spacial score (nSPS) is 9.67. The maximum Gasteiger partial charge on any atom is 0.231 e. The minimum absolute atomic E-state index is 0.231. The van der Waals surface area contributed by atoms with Crippen molar-refractivity contribution in [2.45, 2.75) is 6.54 Å². The monoisotopic (exact) mass is 164 g/mol.